The summed E-state index contributed by atoms with van der Waals surface area (Å²) in [6.07, 6.45) is 2.87. The van der Waals surface area contributed by atoms with Crippen LogP contribution in [0, 0.1) is 0 Å². The number of rotatable bonds is 4. The molecular formula is C11H14N4O. The van der Waals surface area contributed by atoms with E-state index in [9.17, 15) is 4.79 Å². The van der Waals surface area contributed by atoms with Gasteiger partial charge in [-0.05, 0) is 24.1 Å². The third-order valence-corrected chi connectivity index (χ3v) is 2.39. The highest BCUT2D eigenvalue weighted by Gasteiger charge is 2.02. The Kier molecular flexibility index (Phi) is 3.16. The van der Waals surface area contributed by atoms with E-state index in [0.29, 0.717) is 6.42 Å². The van der Waals surface area contributed by atoms with E-state index < -0.39 is 0 Å². The second-order valence-corrected chi connectivity index (χ2v) is 3.55. The van der Waals surface area contributed by atoms with Crippen molar-refractivity contribution < 1.29 is 4.79 Å². The second-order valence-electron chi connectivity index (χ2n) is 3.55. The minimum atomic E-state index is -0.00722. The van der Waals surface area contributed by atoms with Gasteiger partial charge in [-0.3, -0.25) is 10.2 Å². The molecule has 1 aromatic heterocycles. The van der Waals surface area contributed by atoms with Gasteiger partial charge in [-0.25, -0.2) is 10.4 Å². The number of hydrogen-bond acceptors (Lipinski definition) is 3. The Morgan fingerprint density at radius 1 is 1.50 bits per heavy atom. The second kappa shape index (κ2) is 4.76. The average molecular weight is 218 g/mol. The van der Waals surface area contributed by atoms with E-state index in [1.807, 2.05) is 18.2 Å². The summed E-state index contributed by atoms with van der Waals surface area (Å²) in [5, 5.41) is 0. The van der Waals surface area contributed by atoms with Crippen molar-refractivity contribution in [2.75, 3.05) is 7.05 Å². The Bertz CT molecular complexity index is 491. The number of nitrogens with zero attached hydrogens (tertiary/aromatic N) is 1. The summed E-state index contributed by atoms with van der Waals surface area (Å²) < 4.78 is 0. The first-order valence-electron chi connectivity index (χ1n) is 5.17. The number of nitrogens with one attached hydrogen (secondary N) is 3. The molecule has 0 spiro atoms. The minimum Gasteiger partial charge on any atom is -0.345 e. The number of imidazole rings is 1. The molecule has 84 valence electrons. The number of H-pyrrole nitrogens is 1. The van der Waals surface area contributed by atoms with Crippen LogP contribution in [-0.4, -0.2) is 22.9 Å². The fraction of sp³-hybridized carbons (Fsp3) is 0.273. The minimum absolute atomic E-state index is 0.00722. The number of aryl methyl sites for hydroxylation is 1. The number of benzene rings is 1. The Morgan fingerprint density at radius 2 is 2.38 bits per heavy atom. The number of carbonyl (C=O) groups is 1. The van der Waals surface area contributed by atoms with Gasteiger partial charge in [0.1, 0.15) is 0 Å². The largest absolute Gasteiger partial charge is 0.345 e. The molecule has 0 saturated heterocycles. The zero-order valence-electron chi connectivity index (χ0n) is 9.08. The summed E-state index contributed by atoms with van der Waals surface area (Å²) in [4.78, 5) is 18.4. The first-order valence-corrected chi connectivity index (χ1v) is 5.17. The summed E-state index contributed by atoms with van der Waals surface area (Å²) in [5.41, 5.74) is 8.23. The normalized spacial score (nSPS) is 10.6. The van der Waals surface area contributed by atoms with Gasteiger partial charge in [0, 0.05) is 13.5 Å². The number of fused-ring (bicyclic) bond motifs is 1. The number of hydrogen-bond donors (Lipinski definition) is 3. The fourth-order valence-corrected chi connectivity index (χ4v) is 1.60. The Labute approximate surface area is 93.2 Å². The third kappa shape index (κ3) is 2.38. The summed E-state index contributed by atoms with van der Waals surface area (Å²) in [6.45, 7) is 0. The molecule has 0 aliphatic carbocycles. The molecule has 2 aromatic rings. The van der Waals surface area contributed by atoms with Crippen LogP contribution in [-0.2, 0) is 11.2 Å². The van der Waals surface area contributed by atoms with Crippen molar-refractivity contribution in [2.45, 2.75) is 12.8 Å². The molecule has 1 amide bonds. The lowest BCUT2D eigenvalue weighted by Gasteiger charge is -2.03. The molecule has 0 radical (unpaired) electrons. The fourth-order valence-electron chi connectivity index (χ4n) is 1.60. The molecule has 0 unspecified atom stereocenters. The average Bonchev–Trinajstić information content (AvgIpc) is 2.74. The van der Waals surface area contributed by atoms with Gasteiger partial charge in [0.25, 0.3) is 0 Å². The van der Waals surface area contributed by atoms with Crippen molar-refractivity contribution in [3.05, 3.63) is 30.1 Å². The molecule has 2 rings (SSSR count). The molecule has 1 aromatic carbocycles. The van der Waals surface area contributed by atoms with E-state index >= 15 is 0 Å². The van der Waals surface area contributed by atoms with E-state index in [4.69, 9.17) is 0 Å². The molecule has 16 heavy (non-hydrogen) atoms. The van der Waals surface area contributed by atoms with E-state index in [0.717, 1.165) is 23.0 Å². The van der Waals surface area contributed by atoms with E-state index in [2.05, 4.69) is 20.8 Å². The maximum Gasteiger partial charge on any atom is 0.234 e. The highest BCUT2D eigenvalue weighted by atomic mass is 16.2. The maximum absolute atomic E-state index is 11.2. The lowest BCUT2D eigenvalue weighted by molar-refractivity contribution is -0.121. The molecule has 1 heterocycles. The van der Waals surface area contributed by atoms with Crippen molar-refractivity contribution in [3.8, 4) is 0 Å². The van der Waals surface area contributed by atoms with E-state index in [1.165, 1.54) is 0 Å². The number of amides is 1. The summed E-state index contributed by atoms with van der Waals surface area (Å²) in [5.74, 6) is -0.00722. The van der Waals surface area contributed by atoms with Crippen LogP contribution < -0.4 is 10.9 Å². The van der Waals surface area contributed by atoms with Gasteiger partial charge in [0.2, 0.25) is 5.91 Å². The monoisotopic (exact) mass is 218 g/mol. The molecule has 5 nitrogen and oxygen atoms in total. The van der Waals surface area contributed by atoms with Crippen LogP contribution in [0.25, 0.3) is 11.0 Å². The van der Waals surface area contributed by atoms with Crippen molar-refractivity contribution in [1.82, 2.24) is 20.8 Å². The number of aromatic nitrogens is 2. The molecule has 3 N–H and O–H groups in total. The number of carbonyl (C=O) groups excluding carboxylic acids is 1. The van der Waals surface area contributed by atoms with Gasteiger partial charge in [-0.15, -0.1) is 0 Å². The van der Waals surface area contributed by atoms with Crippen LogP contribution >= 0.6 is 0 Å². The summed E-state index contributed by atoms with van der Waals surface area (Å²) >= 11 is 0. The SMILES string of the molecule is CNNC(=O)CCc1ccc2nc[nH]c2c1. The van der Waals surface area contributed by atoms with Crippen LogP contribution in [0.1, 0.15) is 12.0 Å². The van der Waals surface area contributed by atoms with Crippen LogP contribution in [0.4, 0.5) is 0 Å². The van der Waals surface area contributed by atoms with Crippen molar-refractivity contribution >= 4 is 16.9 Å². The van der Waals surface area contributed by atoms with Crippen LogP contribution in [0.2, 0.25) is 0 Å². The first-order chi connectivity index (χ1) is 7.79. The molecule has 0 atom stereocenters. The third-order valence-electron chi connectivity index (χ3n) is 2.39. The number of hydrazine groups is 1. The lowest BCUT2D eigenvalue weighted by atomic mass is 10.1. The number of aromatic amines is 1. The smallest absolute Gasteiger partial charge is 0.234 e. The molecule has 5 heteroatoms. The van der Waals surface area contributed by atoms with Crippen molar-refractivity contribution in [3.63, 3.8) is 0 Å². The quantitative estimate of drug-likeness (QED) is 0.663. The molecular weight excluding hydrogens is 204 g/mol. The molecule has 0 aliphatic heterocycles. The van der Waals surface area contributed by atoms with Gasteiger partial charge in [-0.1, -0.05) is 6.07 Å². The van der Waals surface area contributed by atoms with Gasteiger partial charge >= 0.3 is 0 Å². The van der Waals surface area contributed by atoms with E-state index in [-0.39, 0.29) is 5.91 Å². The molecule has 0 fully saturated rings. The molecule has 0 aliphatic rings. The van der Waals surface area contributed by atoms with Crippen LogP contribution in [0.3, 0.4) is 0 Å². The highest BCUT2D eigenvalue weighted by molar-refractivity contribution is 5.77. The van der Waals surface area contributed by atoms with Crippen molar-refractivity contribution in [2.24, 2.45) is 0 Å². The standard InChI is InChI=1S/C11H14N4O/c1-12-15-11(16)5-3-8-2-4-9-10(6-8)14-7-13-9/h2,4,6-7,12H,3,5H2,1H3,(H,13,14)(H,15,16). The van der Waals surface area contributed by atoms with Crippen molar-refractivity contribution in [1.29, 1.82) is 0 Å². The molecule has 0 bridgehead atoms. The van der Waals surface area contributed by atoms with Gasteiger partial charge < -0.3 is 4.98 Å². The lowest BCUT2D eigenvalue weighted by Crippen LogP contribution is -2.34. The van der Waals surface area contributed by atoms with Crippen LogP contribution in [0.15, 0.2) is 24.5 Å². The molecule has 0 saturated carbocycles. The predicted octanol–water partition coefficient (Wildman–Crippen LogP) is 0.746. The first kappa shape index (κ1) is 10.6. The Balaban J connectivity index is 2.01. The predicted molar refractivity (Wildman–Crippen MR) is 61.6 cm³/mol. The van der Waals surface area contributed by atoms with Crippen LogP contribution in [0.5, 0.6) is 0 Å². The van der Waals surface area contributed by atoms with Gasteiger partial charge in [0.15, 0.2) is 0 Å². The topological polar surface area (TPSA) is 69.8 Å². The van der Waals surface area contributed by atoms with Gasteiger partial charge in [-0.2, -0.15) is 0 Å². The highest BCUT2D eigenvalue weighted by Crippen LogP contribution is 2.12. The maximum atomic E-state index is 11.2. The Morgan fingerprint density at radius 3 is 3.19 bits per heavy atom. The zero-order chi connectivity index (χ0) is 11.4. The summed E-state index contributed by atoms with van der Waals surface area (Å²) in [7, 11) is 1.68. The van der Waals surface area contributed by atoms with Gasteiger partial charge in [0.05, 0.1) is 17.4 Å². The summed E-state index contributed by atoms with van der Waals surface area (Å²) in [6, 6.07) is 5.97. The zero-order valence-corrected chi connectivity index (χ0v) is 9.08. The van der Waals surface area contributed by atoms with E-state index in [1.54, 1.807) is 13.4 Å². The Hall–Kier alpha value is -1.88.